The summed E-state index contributed by atoms with van der Waals surface area (Å²) >= 11 is 8.49. The van der Waals surface area contributed by atoms with Gasteiger partial charge in [0.05, 0.1) is 11.9 Å². The van der Waals surface area contributed by atoms with Crippen LogP contribution in [0.25, 0.3) is 0 Å². The van der Waals surface area contributed by atoms with E-state index in [0.717, 1.165) is 21.5 Å². The number of halogens is 1. The number of nitrogens with two attached hydrogens (primary N) is 1. The zero-order chi connectivity index (χ0) is 12.4. The standard InChI is InChI=1S/C11H11BrN4S/c1-16-9(5-6-14-16)15-8-4-2-3-7(12)10(8)11(13)17/h2-6,15H,1H3,(H2,13,17). The minimum absolute atomic E-state index is 0.349. The van der Waals surface area contributed by atoms with Crippen molar-refractivity contribution in [2.45, 2.75) is 0 Å². The Balaban J connectivity index is 2.43. The average Bonchev–Trinajstić information content (AvgIpc) is 2.64. The highest BCUT2D eigenvalue weighted by Gasteiger charge is 2.10. The molecule has 0 saturated carbocycles. The van der Waals surface area contributed by atoms with Crippen molar-refractivity contribution in [3.05, 3.63) is 40.5 Å². The van der Waals surface area contributed by atoms with Gasteiger partial charge < -0.3 is 11.1 Å². The molecule has 1 aromatic carbocycles. The molecule has 88 valence electrons. The Bertz CT molecular complexity index is 564. The monoisotopic (exact) mass is 310 g/mol. The van der Waals surface area contributed by atoms with E-state index in [1.54, 1.807) is 10.9 Å². The summed E-state index contributed by atoms with van der Waals surface area (Å²) in [6.07, 6.45) is 1.72. The normalized spacial score (nSPS) is 10.2. The Hall–Kier alpha value is -1.40. The molecule has 0 spiro atoms. The number of nitrogens with zero attached hydrogens (tertiary/aromatic N) is 2. The molecule has 17 heavy (non-hydrogen) atoms. The molecule has 2 aromatic rings. The molecule has 0 aliphatic rings. The summed E-state index contributed by atoms with van der Waals surface area (Å²) in [6, 6.07) is 7.63. The molecule has 0 unspecified atom stereocenters. The van der Waals surface area contributed by atoms with Gasteiger partial charge in [-0.05, 0) is 28.1 Å². The number of hydrogen-bond acceptors (Lipinski definition) is 3. The van der Waals surface area contributed by atoms with E-state index < -0.39 is 0 Å². The highest BCUT2D eigenvalue weighted by molar-refractivity contribution is 9.10. The van der Waals surface area contributed by atoms with Gasteiger partial charge >= 0.3 is 0 Å². The van der Waals surface area contributed by atoms with Crippen LogP contribution in [0.5, 0.6) is 0 Å². The predicted octanol–water partition coefficient (Wildman–Crippen LogP) is 2.56. The number of hydrogen-bond donors (Lipinski definition) is 2. The molecule has 0 saturated heterocycles. The van der Waals surface area contributed by atoms with Crippen LogP contribution in [0.4, 0.5) is 11.5 Å². The van der Waals surface area contributed by atoms with Gasteiger partial charge in [0, 0.05) is 23.2 Å². The van der Waals surface area contributed by atoms with Crippen LogP contribution < -0.4 is 11.1 Å². The van der Waals surface area contributed by atoms with E-state index in [1.165, 1.54) is 0 Å². The lowest BCUT2D eigenvalue weighted by atomic mass is 10.2. The fraction of sp³-hybridized carbons (Fsp3) is 0.0909. The van der Waals surface area contributed by atoms with Gasteiger partial charge in [-0.15, -0.1) is 0 Å². The van der Waals surface area contributed by atoms with Gasteiger partial charge in [-0.1, -0.05) is 18.3 Å². The largest absolute Gasteiger partial charge is 0.389 e. The number of benzene rings is 1. The lowest BCUT2D eigenvalue weighted by molar-refractivity contribution is 0.776. The second-order valence-corrected chi connectivity index (χ2v) is 4.79. The summed E-state index contributed by atoms with van der Waals surface area (Å²) in [4.78, 5) is 0.349. The van der Waals surface area contributed by atoms with Crippen molar-refractivity contribution in [2.24, 2.45) is 12.8 Å². The highest BCUT2D eigenvalue weighted by atomic mass is 79.9. The van der Waals surface area contributed by atoms with Crippen LogP contribution in [0, 0.1) is 0 Å². The Labute approximate surface area is 113 Å². The number of rotatable bonds is 3. The van der Waals surface area contributed by atoms with Crippen molar-refractivity contribution in [2.75, 3.05) is 5.32 Å². The van der Waals surface area contributed by atoms with Crippen molar-refractivity contribution in [1.29, 1.82) is 0 Å². The number of thiocarbonyl (C=S) groups is 1. The third-order valence-corrected chi connectivity index (χ3v) is 3.21. The average molecular weight is 311 g/mol. The number of anilines is 2. The van der Waals surface area contributed by atoms with Gasteiger partial charge in [-0.25, -0.2) is 0 Å². The van der Waals surface area contributed by atoms with Crippen LogP contribution in [-0.4, -0.2) is 14.8 Å². The zero-order valence-electron chi connectivity index (χ0n) is 9.14. The van der Waals surface area contributed by atoms with Crippen molar-refractivity contribution in [1.82, 2.24) is 9.78 Å². The van der Waals surface area contributed by atoms with Crippen molar-refractivity contribution in [3.63, 3.8) is 0 Å². The van der Waals surface area contributed by atoms with E-state index in [1.807, 2.05) is 31.3 Å². The molecule has 6 heteroatoms. The van der Waals surface area contributed by atoms with Crippen molar-refractivity contribution >= 4 is 44.6 Å². The van der Waals surface area contributed by atoms with Crippen molar-refractivity contribution in [3.8, 4) is 0 Å². The molecule has 1 aromatic heterocycles. The molecule has 2 rings (SSSR count). The van der Waals surface area contributed by atoms with Gasteiger partial charge in [0.2, 0.25) is 0 Å². The third-order valence-electron chi connectivity index (χ3n) is 2.34. The van der Waals surface area contributed by atoms with E-state index in [2.05, 4.69) is 26.3 Å². The molecular formula is C11H11BrN4S. The Morgan fingerprint density at radius 1 is 1.47 bits per heavy atom. The van der Waals surface area contributed by atoms with Gasteiger partial charge in [-0.2, -0.15) is 5.10 Å². The topological polar surface area (TPSA) is 55.9 Å². The molecular weight excluding hydrogens is 300 g/mol. The SMILES string of the molecule is Cn1nccc1Nc1cccc(Br)c1C(N)=S. The van der Waals surface area contributed by atoms with Crippen molar-refractivity contribution < 1.29 is 0 Å². The molecule has 0 fully saturated rings. The summed E-state index contributed by atoms with van der Waals surface area (Å²) in [6.45, 7) is 0. The second kappa shape index (κ2) is 4.85. The summed E-state index contributed by atoms with van der Waals surface area (Å²) in [5.74, 6) is 0.876. The molecule has 4 nitrogen and oxygen atoms in total. The molecule has 0 atom stereocenters. The maximum Gasteiger partial charge on any atom is 0.128 e. The van der Waals surface area contributed by atoms with E-state index in [-0.39, 0.29) is 0 Å². The lowest BCUT2D eigenvalue weighted by Gasteiger charge is -2.12. The van der Waals surface area contributed by atoms with Crippen LogP contribution in [0.15, 0.2) is 34.9 Å². The first-order valence-corrected chi connectivity index (χ1v) is 6.13. The third kappa shape index (κ3) is 2.48. The molecule has 3 N–H and O–H groups in total. The quantitative estimate of drug-likeness (QED) is 0.856. The fourth-order valence-corrected chi connectivity index (χ4v) is 2.44. The minimum atomic E-state index is 0.349. The Morgan fingerprint density at radius 2 is 2.24 bits per heavy atom. The Kier molecular flexibility index (Phi) is 3.44. The zero-order valence-corrected chi connectivity index (χ0v) is 11.5. The molecule has 0 aliphatic heterocycles. The maximum absolute atomic E-state index is 5.72. The second-order valence-electron chi connectivity index (χ2n) is 3.49. The molecule has 0 amide bonds. The fourth-order valence-electron chi connectivity index (χ4n) is 1.51. The van der Waals surface area contributed by atoms with Gasteiger partial charge in [0.25, 0.3) is 0 Å². The van der Waals surface area contributed by atoms with E-state index in [0.29, 0.717) is 4.99 Å². The first kappa shape index (κ1) is 12.1. The molecule has 1 heterocycles. The van der Waals surface area contributed by atoms with Crippen LogP contribution >= 0.6 is 28.1 Å². The van der Waals surface area contributed by atoms with Crippen LogP contribution in [0.3, 0.4) is 0 Å². The summed E-state index contributed by atoms with van der Waals surface area (Å²) in [7, 11) is 1.86. The first-order valence-electron chi connectivity index (χ1n) is 4.93. The highest BCUT2D eigenvalue weighted by Crippen LogP contribution is 2.27. The van der Waals surface area contributed by atoms with E-state index in [9.17, 15) is 0 Å². The minimum Gasteiger partial charge on any atom is -0.389 e. The van der Waals surface area contributed by atoms with Crippen LogP contribution in [0.2, 0.25) is 0 Å². The van der Waals surface area contributed by atoms with Crippen LogP contribution in [0.1, 0.15) is 5.56 Å². The summed E-state index contributed by atoms with van der Waals surface area (Å²) in [5.41, 5.74) is 7.37. The summed E-state index contributed by atoms with van der Waals surface area (Å²) < 4.78 is 2.61. The smallest absolute Gasteiger partial charge is 0.128 e. The summed E-state index contributed by atoms with van der Waals surface area (Å²) in [5, 5.41) is 7.33. The number of aromatic nitrogens is 2. The van der Waals surface area contributed by atoms with Gasteiger partial charge in [0.15, 0.2) is 0 Å². The lowest BCUT2D eigenvalue weighted by Crippen LogP contribution is -2.13. The number of aryl methyl sites for hydroxylation is 1. The van der Waals surface area contributed by atoms with Crippen LogP contribution in [-0.2, 0) is 7.05 Å². The van der Waals surface area contributed by atoms with E-state index >= 15 is 0 Å². The predicted molar refractivity (Wildman–Crippen MR) is 76.5 cm³/mol. The first-order chi connectivity index (χ1) is 8.09. The van der Waals surface area contributed by atoms with Gasteiger partial charge in [-0.3, -0.25) is 4.68 Å². The van der Waals surface area contributed by atoms with E-state index in [4.69, 9.17) is 18.0 Å². The maximum atomic E-state index is 5.72. The van der Waals surface area contributed by atoms with Gasteiger partial charge in [0.1, 0.15) is 10.8 Å². The molecule has 0 aliphatic carbocycles. The molecule has 0 radical (unpaired) electrons. The Morgan fingerprint density at radius 3 is 2.82 bits per heavy atom. The number of nitrogens with one attached hydrogen (secondary N) is 1. The molecule has 0 bridgehead atoms.